The smallest absolute Gasteiger partial charge is 0.198 e. The van der Waals surface area contributed by atoms with E-state index in [-0.39, 0.29) is 44.5 Å². The third-order valence-electron chi connectivity index (χ3n) is 8.14. The maximum Gasteiger partial charge on any atom is 0.198 e. The minimum absolute atomic E-state index is 0.0479. The predicted molar refractivity (Wildman–Crippen MR) is 144 cm³/mol. The van der Waals surface area contributed by atoms with Crippen molar-refractivity contribution in [3.05, 3.63) is 160 Å². The second-order valence-electron chi connectivity index (χ2n) is 9.95. The van der Waals surface area contributed by atoms with Gasteiger partial charge in [0.1, 0.15) is 5.60 Å². The van der Waals surface area contributed by atoms with Crippen LogP contribution in [-0.4, -0.2) is 28.2 Å². The van der Waals surface area contributed by atoms with Crippen molar-refractivity contribution in [2.24, 2.45) is 5.41 Å². The van der Waals surface area contributed by atoms with E-state index in [1.165, 1.54) is 6.08 Å². The van der Waals surface area contributed by atoms with Crippen LogP contribution in [0.15, 0.2) is 126 Å². The van der Waals surface area contributed by atoms with Crippen LogP contribution in [0, 0.1) is 5.41 Å². The third-order valence-corrected chi connectivity index (χ3v) is 8.14. The monoisotopic (exact) mass is 508 g/mol. The molecule has 1 atom stereocenters. The lowest BCUT2D eigenvalue weighted by Crippen LogP contribution is -2.52. The molecule has 0 saturated heterocycles. The molecule has 5 nitrogen and oxygen atoms in total. The van der Waals surface area contributed by atoms with Crippen molar-refractivity contribution < 1.29 is 24.3 Å². The molecule has 1 N–H and O–H groups in total. The summed E-state index contributed by atoms with van der Waals surface area (Å²) < 4.78 is 0. The molecule has 0 aromatic heterocycles. The van der Waals surface area contributed by atoms with Crippen molar-refractivity contribution in [2.45, 2.75) is 5.60 Å². The van der Waals surface area contributed by atoms with E-state index in [1.807, 2.05) is 6.07 Å². The summed E-state index contributed by atoms with van der Waals surface area (Å²) in [6.07, 6.45) is 1.51. The van der Waals surface area contributed by atoms with Gasteiger partial charge in [-0.25, -0.2) is 0 Å². The Morgan fingerprint density at radius 3 is 1.46 bits per heavy atom. The molecular weight excluding hydrogens is 488 g/mol. The van der Waals surface area contributed by atoms with Crippen molar-refractivity contribution >= 4 is 28.7 Å². The minimum Gasteiger partial charge on any atom is -0.378 e. The van der Waals surface area contributed by atoms with Crippen molar-refractivity contribution in [1.82, 2.24) is 0 Å². The largest absolute Gasteiger partial charge is 0.378 e. The van der Waals surface area contributed by atoms with Gasteiger partial charge in [-0.3, -0.25) is 19.2 Å². The number of hydrogen-bond acceptors (Lipinski definition) is 5. The lowest BCUT2D eigenvalue weighted by Gasteiger charge is -2.40. The normalized spacial score (nSPS) is 21.0. The van der Waals surface area contributed by atoms with E-state index in [4.69, 9.17) is 0 Å². The van der Waals surface area contributed by atoms with Gasteiger partial charge in [-0.1, -0.05) is 109 Å². The Morgan fingerprint density at radius 2 is 0.949 bits per heavy atom. The fourth-order valence-corrected chi connectivity index (χ4v) is 6.43. The standard InChI is InChI=1S/C34H20O5/c35-29-22-15-7-8-16-23(22)30(36)28(29)27-19-26(20-11-3-1-4-12-20)33(34(27,39)21-13-5-2-6-14-21)31(37)24-17-9-10-18-25(24)32(33)38/h1-19,39H/t34-/m0/s1. The SMILES string of the molecule is O=C1C(=C2C=C(c3ccccc3)C3(C(=O)c4ccccc4C3=O)[C@]2(O)c2ccccc2)C(=O)c2ccccc21. The van der Waals surface area contributed by atoms with Crippen LogP contribution in [0.4, 0.5) is 0 Å². The summed E-state index contributed by atoms with van der Waals surface area (Å²) >= 11 is 0. The zero-order valence-corrected chi connectivity index (χ0v) is 20.5. The van der Waals surface area contributed by atoms with Gasteiger partial charge in [-0.15, -0.1) is 0 Å². The predicted octanol–water partition coefficient (Wildman–Crippen LogP) is 5.41. The first-order chi connectivity index (χ1) is 18.9. The molecule has 4 aromatic rings. The van der Waals surface area contributed by atoms with Crippen molar-refractivity contribution in [2.75, 3.05) is 0 Å². The van der Waals surface area contributed by atoms with Gasteiger partial charge in [-0.2, -0.15) is 0 Å². The average molecular weight is 509 g/mol. The lowest BCUT2D eigenvalue weighted by atomic mass is 9.61. The van der Waals surface area contributed by atoms with Crippen LogP contribution in [0.25, 0.3) is 5.57 Å². The molecule has 3 aliphatic rings. The van der Waals surface area contributed by atoms with Gasteiger partial charge in [0.25, 0.3) is 0 Å². The summed E-state index contributed by atoms with van der Waals surface area (Å²) in [6.45, 7) is 0. The first kappa shape index (κ1) is 23.1. The van der Waals surface area contributed by atoms with Gasteiger partial charge in [0, 0.05) is 27.8 Å². The first-order valence-electron chi connectivity index (χ1n) is 12.6. The van der Waals surface area contributed by atoms with Crippen molar-refractivity contribution in [3.63, 3.8) is 0 Å². The number of benzene rings is 4. The molecular formula is C34H20O5. The van der Waals surface area contributed by atoms with E-state index < -0.39 is 34.1 Å². The van der Waals surface area contributed by atoms with Gasteiger partial charge in [-0.05, 0) is 22.8 Å². The number of carbonyl (C=O) groups excluding carboxylic acids is 4. The van der Waals surface area contributed by atoms with Gasteiger partial charge in [0.2, 0.25) is 0 Å². The quantitative estimate of drug-likeness (QED) is 0.222. The summed E-state index contributed by atoms with van der Waals surface area (Å²) in [5.74, 6) is -2.24. The molecule has 3 aliphatic carbocycles. The molecule has 7 rings (SSSR count). The van der Waals surface area contributed by atoms with Crippen LogP contribution in [-0.2, 0) is 5.60 Å². The number of carbonyl (C=O) groups is 4. The third kappa shape index (κ3) is 2.72. The van der Waals surface area contributed by atoms with Gasteiger partial charge in [0.15, 0.2) is 28.5 Å². The Hall–Kier alpha value is -5.00. The molecule has 5 heteroatoms. The van der Waals surface area contributed by atoms with Crippen LogP contribution in [0.5, 0.6) is 0 Å². The Bertz CT molecular complexity index is 1760. The van der Waals surface area contributed by atoms with Crippen LogP contribution >= 0.6 is 0 Å². The zero-order chi connectivity index (χ0) is 26.9. The van der Waals surface area contributed by atoms with Crippen LogP contribution in [0.1, 0.15) is 52.6 Å². The summed E-state index contributed by atoms with van der Waals surface area (Å²) in [7, 11) is 0. The second kappa shape index (κ2) is 8.00. The van der Waals surface area contributed by atoms with E-state index >= 15 is 0 Å². The molecule has 0 radical (unpaired) electrons. The summed E-state index contributed by atoms with van der Waals surface area (Å²) in [5, 5.41) is 13.0. The number of allylic oxidation sites excluding steroid dienone is 1. The molecule has 0 aliphatic heterocycles. The number of aliphatic hydroxyl groups is 1. The highest BCUT2D eigenvalue weighted by Gasteiger charge is 2.72. The second-order valence-corrected chi connectivity index (χ2v) is 9.95. The van der Waals surface area contributed by atoms with E-state index in [9.17, 15) is 24.3 Å². The van der Waals surface area contributed by atoms with Crippen LogP contribution in [0.2, 0.25) is 0 Å². The average Bonchev–Trinajstić information content (AvgIpc) is 3.50. The molecule has 0 fully saturated rings. The van der Waals surface area contributed by atoms with Gasteiger partial charge < -0.3 is 5.11 Å². The highest BCUT2D eigenvalue weighted by molar-refractivity contribution is 6.42. The molecule has 0 amide bonds. The molecule has 0 heterocycles. The Kier molecular flexibility index (Phi) is 4.75. The highest BCUT2D eigenvalue weighted by Crippen LogP contribution is 2.64. The number of Topliss-reactive ketones (excluding diaryl/α,β-unsaturated/α-hetero) is 4. The minimum atomic E-state index is -2.34. The fraction of sp³-hybridized carbons (Fsp3) is 0.0588. The van der Waals surface area contributed by atoms with E-state index in [0.717, 1.165) is 0 Å². The Balaban J connectivity index is 1.64. The summed E-state index contributed by atoms with van der Waals surface area (Å²) in [4.78, 5) is 56.6. The van der Waals surface area contributed by atoms with Gasteiger partial charge in [0.05, 0.1) is 5.57 Å². The molecule has 186 valence electrons. The first-order valence-corrected chi connectivity index (χ1v) is 12.6. The van der Waals surface area contributed by atoms with Crippen molar-refractivity contribution in [3.8, 4) is 0 Å². The highest BCUT2D eigenvalue weighted by atomic mass is 16.3. The van der Waals surface area contributed by atoms with E-state index in [0.29, 0.717) is 5.56 Å². The summed E-state index contributed by atoms with van der Waals surface area (Å²) in [6, 6.07) is 30.2. The maximum atomic E-state index is 14.5. The molecule has 0 unspecified atom stereocenters. The van der Waals surface area contributed by atoms with Crippen LogP contribution in [0.3, 0.4) is 0 Å². The van der Waals surface area contributed by atoms with E-state index in [1.54, 1.807) is 103 Å². The molecule has 4 aromatic carbocycles. The zero-order valence-electron chi connectivity index (χ0n) is 20.5. The van der Waals surface area contributed by atoms with Crippen molar-refractivity contribution in [1.29, 1.82) is 0 Å². The van der Waals surface area contributed by atoms with Crippen LogP contribution < -0.4 is 0 Å². The molecule has 0 saturated carbocycles. The molecule has 1 spiro atoms. The van der Waals surface area contributed by atoms with Gasteiger partial charge >= 0.3 is 0 Å². The van der Waals surface area contributed by atoms with E-state index in [2.05, 4.69) is 0 Å². The fourth-order valence-electron chi connectivity index (χ4n) is 6.43. The number of hydrogen-bond donors (Lipinski definition) is 1. The Labute approximate surface area is 223 Å². The maximum absolute atomic E-state index is 14.5. The number of rotatable bonds is 2. The number of fused-ring (bicyclic) bond motifs is 2. The molecule has 39 heavy (non-hydrogen) atoms. The lowest BCUT2D eigenvalue weighted by molar-refractivity contribution is 0.00253. The number of ketones is 4. The Morgan fingerprint density at radius 1 is 0.513 bits per heavy atom. The topological polar surface area (TPSA) is 88.5 Å². The summed E-state index contributed by atoms with van der Waals surface area (Å²) in [5.41, 5.74) is -2.90. The molecule has 0 bridgehead atoms.